The normalized spacial score (nSPS) is 16.1. The minimum atomic E-state index is -9.17. The summed E-state index contributed by atoms with van der Waals surface area (Å²) in [6.07, 6.45) is -10.4. The molecule has 0 N–H and O–H groups in total. The van der Waals surface area contributed by atoms with Crippen molar-refractivity contribution in [2.75, 3.05) is 4.43 Å². The highest BCUT2D eigenvalue weighted by atomic mass is 127. The lowest BCUT2D eigenvalue weighted by Crippen LogP contribution is -2.76. The first-order valence-electron chi connectivity index (χ1n) is 10.6. The first kappa shape index (κ1) is 39.2. The molecule has 43 heavy (non-hydrogen) atoms. The zero-order chi connectivity index (χ0) is 34.5. The topological polar surface area (TPSA) is 0 Å². The number of alkyl halides is 22. The molecular formula is C21H12F21I. The van der Waals surface area contributed by atoms with Crippen molar-refractivity contribution in [2.45, 2.75) is 72.3 Å². The SMILES string of the molecule is FC(F)(F)C(F)(F)C(F)(F)C(F)(F)C(F)(F)C(F)(F)C(F)(F)C(F)(F)C(F)(F)C(F)(F)C/C(=C/CCI)c1ccccc1. The van der Waals surface area contributed by atoms with E-state index in [0.29, 0.717) is 6.08 Å². The predicted molar refractivity (Wildman–Crippen MR) is 113 cm³/mol. The summed E-state index contributed by atoms with van der Waals surface area (Å²) in [6.45, 7) is 0. The van der Waals surface area contributed by atoms with Gasteiger partial charge in [-0.25, -0.2) is 0 Å². The van der Waals surface area contributed by atoms with Crippen LogP contribution in [0.15, 0.2) is 36.4 Å². The number of hydrogen-bond donors (Lipinski definition) is 0. The molecule has 0 aromatic heterocycles. The lowest BCUT2D eigenvalue weighted by molar-refractivity contribution is -0.474. The molecule has 0 amide bonds. The summed E-state index contributed by atoms with van der Waals surface area (Å²) in [4.78, 5) is 0. The van der Waals surface area contributed by atoms with E-state index < -0.39 is 77.0 Å². The summed E-state index contributed by atoms with van der Waals surface area (Å²) in [6, 6.07) is 5.04. The van der Waals surface area contributed by atoms with Crippen molar-refractivity contribution in [3.63, 3.8) is 0 Å². The van der Waals surface area contributed by atoms with Crippen LogP contribution in [0.4, 0.5) is 92.2 Å². The van der Waals surface area contributed by atoms with Crippen LogP contribution in [0.3, 0.4) is 0 Å². The van der Waals surface area contributed by atoms with Crippen molar-refractivity contribution in [1.29, 1.82) is 0 Å². The molecule has 0 saturated heterocycles. The quantitative estimate of drug-likeness (QED) is 0.106. The first-order valence-corrected chi connectivity index (χ1v) is 12.1. The monoisotopic (exact) mass is 790 g/mol. The summed E-state index contributed by atoms with van der Waals surface area (Å²) in [7, 11) is 0. The Morgan fingerprint density at radius 1 is 0.488 bits per heavy atom. The summed E-state index contributed by atoms with van der Waals surface area (Å²) in [5.74, 6) is -76.9. The first-order chi connectivity index (χ1) is 18.8. The highest BCUT2D eigenvalue weighted by molar-refractivity contribution is 14.1. The predicted octanol–water partition coefficient (Wildman–Crippen LogP) is 10.6. The molecule has 1 rings (SSSR count). The van der Waals surface area contributed by atoms with Gasteiger partial charge >= 0.3 is 59.5 Å². The third kappa shape index (κ3) is 5.85. The van der Waals surface area contributed by atoms with Crippen LogP contribution in [0.1, 0.15) is 18.4 Å². The van der Waals surface area contributed by atoms with E-state index in [1.165, 1.54) is 6.07 Å². The molecule has 0 fully saturated rings. The van der Waals surface area contributed by atoms with Gasteiger partial charge in [0.15, 0.2) is 0 Å². The highest BCUT2D eigenvalue weighted by Crippen LogP contribution is 2.66. The van der Waals surface area contributed by atoms with E-state index in [9.17, 15) is 92.2 Å². The van der Waals surface area contributed by atoms with Gasteiger partial charge in [-0.15, -0.1) is 0 Å². The van der Waals surface area contributed by atoms with Gasteiger partial charge < -0.3 is 0 Å². The van der Waals surface area contributed by atoms with E-state index in [4.69, 9.17) is 0 Å². The Labute approximate surface area is 239 Å². The highest BCUT2D eigenvalue weighted by Gasteiger charge is 2.97. The van der Waals surface area contributed by atoms with Crippen LogP contribution in [0, 0.1) is 0 Å². The molecular weight excluding hydrogens is 778 g/mol. The van der Waals surface area contributed by atoms with Crippen LogP contribution < -0.4 is 0 Å². The summed E-state index contributed by atoms with van der Waals surface area (Å²) in [5, 5.41) is 0. The van der Waals surface area contributed by atoms with E-state index in [2.05, 4.69) is 0 Å². The van der Waals surface area contributed by atoms with Gasteiger partial charge in [-0.3, -0.25) is 0 Å². The summed E-state index contributed by atoms with van der Waals surface area (Å²) < 4.78 is 285. The zero-order valence-electron chi connectivity index (χ0n) is 19.9. The van der Waals surface area contributed by atoms with Crippen LogP contribution in [0.2, 0.25) is 0 Å². The Hall–Kier alpha value is -1.78. The number of halogens is 22. The van der Waals surface area contributed by atoms with Gasteiger partial charge in [0.2, 0.25) is 0 Å². The van der Waals surface area contributed by atoms with Crippen molar-refractivity contribution >= 4 is 28.2 Å². The van der Waals surface area contributed by atoms with Gasteiger partial charge in [0.1, 0.15) is 0 Å². The van der Waals surface area contributed by atoms with E-state index in [1.807, 2.05) is 0 Å². The number of benzene rings is 1. The molecule has 0 aliphatic rings. The molecule has 0 spiro atoms. The van der Waals surface area contributed by atoms with E-state index in [-0.39, 0.29) is 10.8 Å². The van der Waals surface area contributed by atoms with Gasteiger partial charge in [0.05, 0.1) is 0 Å². The third-order valence-electron chi connectivity index (χ3n) is 5.63. The molecule has 0 atom stereocenters. The van der Waals surface area contributed by atoms with Crippen molar-refractivity contribution < 1.29 is 92.2 Å². The van der Waals surface area contributed by atoms with E-state index in [1.54, 1.807) is 22.6 Å². The molecule has 0 nitrogen and oxygen atoms in total. The standard InChI is InChI=1S/C21H12F21I/c22-12(23,9-11(7-4-8-43)10-5-2-1-3-6-10)13(24,25)14(26,27)15(28,29)16(30,31)17(32,33)18(34,35)19(36,37)20(38,39)21(40,41)42/h1-3,5-7H,4,8-9H2/b11-7-. The van der Waals surface area contributed by atoms with Gasteiger partial charge in [0.25, 0.3) is 0 Å². The van der Waals surface area contributed by atoms with E-state index in [0.717, 1.165) is 24.3 Å². The average molecular weight is 790 g/mol. The van der Waals surface area contributed by atoms with Crippen molar-refractivity contribution in [3.05, 3.63) is 42.0 Å². The van der Waals surface area contributed by atoms with Crippen LogP contribution in [0.25, 0.3) is 5.57 Å². The minimum Gasteiger partial charge on any atom is -0.199 e. The minimum absolute atomic E-state index is 0.0117. The molecule has 0 saturated carbocycles. The van der Waals surface area contributed by atoms with Gasteiger partial charge in [-0.05, 0) is 17.6 Å². The molecule has 22 heteroatoms. The van der Waals surface area contributed by atoms with Crippen LogP contribution in [-0.4, -0.2) is 63.9 Å². The molecule has 1 aromatic rings. The molecule has 0 aliphatic heterocycles. The number of rotatable bonds is 13. The van der Waals surface area contributed by atoms with Crippen LogP contribution >= 0.6 is 22.6 Å². The Morgan fingerprint density at radius 2 is 0.814 bits per heavy atom. The van der Waals surface area contributed by atoms with Crippen molar-refractivity contribution in [1.82, 2.24) is 0 Å². The molecule has 250 valence electrons. The fourth-order valence-electron chi connectivity index (χ4n) is 3.11. The van der Waals surface area contributed by atoms with Gasteiger partial charge in [0, 0.05) is 10.8 Å². The molecule has 0 bridgehead atoms. The lowest BCUT2D eigenvalue weighted by Gasteiger charge is -2.44. The second-order valence-corrected chi connectivity index (χ2v) is 9.63. The average Bonchev–Trinajstić information content (AvgIpc) is 2.85. The maximum Gasteiger partial charge on any atom is 0.460 e. The lowest BCUT2D eigenvalue weighted by atomic mass is 9.84. The summed E-state index contributed by atoms with van der Waals surface area (Å²) >= 11 is 1.58. The molecule has 0 unspecified atom stereocenters. The maximum absolute atomic E-state index is 14.5. The Morgan fingerprint density at radius 3 is 1.14 bits per heavy atom. The Balaban J connectivity index is 3.77. The van der Waals surface area contributed by atoms with E-state index >= 15 is 0 Å². The fraction of sp³-hybridized carbons (Fsp3) is 0.619. The Bertz CT molecular complexity index is 1130. The molecule has 0 radical (unpaired) electrons. The number of allylic oxidation sites excluding steroid dienone is 2. The smallest absolute Gasteiger partial charge is 0.199 e. The summed E-state index contributed by atoms with van der Waals surface area (Å²) in [5.41, 5.74) is -1.54. The third-order valence-corrected chi connectivity index (χ3v) is 6.26. The second-order valence-electron chi connectivity index (χ2n) is 8.55. The van der Waals surface area contributed by atoms with Gasteiger partial charge in [-0.1, -0.05) is 59.0 Å². The zero-order valence-corrected chi connectivity index (χ0v) is 22.1. The Kier molecular flexibility index (Phi) is 10.5. The largest absolute Gasteiger partial charge is 0.460 e. The van der Waals surface area contributed by atoms with Crippen molar-refractivity contribution in [2.24, 2.45) is 0 Å². The van der Waals surface area contributed by atoms with Crippen LogP contribution in [-0.2, 0) is 0 Å². The second kappa shape index (κ2) is 11.5. The molecule has 0 heterocycles. The van der Waals surface area contributed by atoms with Crippen molar-refractivity contribution in [3.8, 4) is 0 Å². The molecule has 1 aromatic carbocycles. The van der Waals surface area contributed by atoms with Gasteiger partial charge in [-0.2, -0.15) is 92.2 Å². The van der Waals surface area contributed by atoms with Crippen LogP contribution in [0.5, 0.6) is 0 Å². The molecule has 0 aliphatic carbocycles. The number of hydrogen-bond acceptors (Lipinski definition) is 0. The maximum atomic E-state index is 14.5. The fourth-order valence-corrected chi connectivity index (χ4v) is 3.43.